The second-order valence-electron chi connectivity index (χ2n) is 4.18. The fourth-order valence-electron chi connectivity index (χ4n) is 1.81. The van der Waals surface area contributed by atoms with Crippen molar-refractivity contribution in [3.05, 3.63) is 40.8 Å². The summed E-state index contributed by atoms with van der Waals surface area (Å²) in [6.45, 7) is 1.80. The molecule has 1 aromatic carbocycles. The molecular weight excluding hydrogens is 314 g/mol. The number of hydrogen-bond acceptors (Lipinski definition) is 6. The predicted molar refractivity (Wildman–Crippen MR) is 76.9 cm³/mol. The van der Waals surface area contributed by atoms with E-state index in [0.717, 1.165) is 0 Å². The molecule has 0 saturated carbocycles. The number of rotatable bonds is 3. The molecule has 6 nitrogen and oxygen atoms in total. The van der Waals surface area contributed by atoms with Crippen molar-refractivity contribution in [3.8, 4) is 0 Å². The monoisotopic (exact) mass is 321 g/mol. The lowest BCUT2D eigenvalue weighted by Crippen LogP contribution is -1.97. The minimum absolute atomic E-state index is 0.0500. The average molecular weight is 322 g/mol. The van der Waals surface area contributed by atoms with Gasteiger partial charge in [-0.2, -0.15) is 4.98 Å². The van der Waals surface area contributed by atoms with Crippen molar-refractivity contribution >= 4 is 40.4 Å². The molecule has 2 aromatic heterocycles. The summed E-state index contributed by atoms with van der Waals surface area (Å²) in [6.07, 6.45) is 1.38. The Morgan fingerprint density at radius 2 is 2.19 bits per heavy atom. The largest absolute Gasteiger partial charge is 0.478 e. The lowest BCUT2D eigenvalue weighted by molar-refractivity contribution is 0.0697. The SMILES string of the molecule is Cc1noc2ncnc(Sc3ccc(Cl)c(C(=O)O)c3)c12. The van der Waals surface area contributed by atoms with Crippen molar-refractivity contribution in [2.75, 3.05) is 0 Å². The average Bonchev–Trinajstić information content (AvgIpc) is 2.83. The van der Waals surface area contributed by atoms with Crippen LogP contribution in [0.5, 0.6) is 0 Å². The van der Waals surface area contributed by atoms with E-state index in [1.54, 1.807) is 19.1 Å². The number of fused-ring (bicyclic) bond motifs is 1. The Morgan fingerprint density at radius 1 is 1.38 bits per heavy atom. The molecule has 8 heteroatoms. The molecule has 0 bridgehead atoms. The highest BCUT2D eigenvalue weighted by atomic mass is 35.5. The van der Waals surface area contributed by atoms with Gasteiger partial charge in [-0.3, -0.25) is 0 Å². The molecule has 0 fully saturated rings. The van der Waals surface area contributed by atoms with Crippen LogP contribution in [0.4, 0.5) is 0 Å². The van der Waals surface area contributed by atoms with E-state index >= 15 is 0 Å². The summed E-state index contributed by atoms with van der Waals surface area (Å²) in [7, 11) is 0. The number of nitrogens with zero attached hydrogens (tertiary/aromatic N) is 3. The van der Waals surface area contributed by atoms with E-state index in [9.17, 15) is 4.79 Å². The van der Waals surface area contributed by atoms with Crippen LogP contribution in [0.15, 0.2) is 39.0 Å². The van der Waals surface area contributed by atoms with Gasteiger partial charge in [0.2, 0.25) is 0 Å². The highest BCUT2D eigenvalue weighted by molar-refractivity contribution is 7.99. The fraction of sp³-hybridized carbons (Fsp3) is 0.0769. The molecule has 21 heavy (non-hydrogen) atoms. The van der Waals surface area contributed by atoms with Crippen molar-refractivity contribution < 1.29 is 14.4 Å². The van der Waals surface area contributed by atoms with Crippen LogP contribution in [0.1, 0.15) is 16.1 Å². The standard InChI is InChI=1S/C13H8ClN3O3S/c1-6-10-11(20-17-6)15-5-16-12(10)21-7-2-3-9(14)8(4-7)13(18)19/h2-5H,1H3,(H,18,19). The topological polar surface area (TPSA) is 89.1 Å². The highest BCUT2D eigenvalue weighted by Gasteiger charge is 2.15. The molecule has 0 saturated heterocycles. The van der Waals surface area contributed by atoms with Crippen LogP contribution in [0.2, 0.25) is 5.02 Å². The van der Waals surface area contributed by atoms with Gasteiger partial charge < -0.3 is 9.63 Å². The molecule has 3 rings (SSSR count). The zero-order valence-corrected chi connectivity index (χ0v) is 12.3. The normalized spacial score (nSPS) is 11.0. The van der Waals surface area contributed by atoms with Crippen LogP contribution in [0.25, 0.3) is 11.1 Å². The van der Waals surface area contributed by atoms with E-state index < -0.39 is 5.97 Å². The molecule has 1 N–H and O–H groups in total. The zero-order valence-electron chi connectivity index (χ0n) is 10.7. The number of aromatic nitrogens is 3. The maximum atomic E-state index is 11.1. The van der Waals surface area contributed by atoms with Gasteiger partial charge in [0, 0.05) is 4.90 Å². The maximum Gasteiger partial charge on any atom is 0.337 e. The molecule has 3 aromatic rings. The van der Waals surface area contributed by atoms with Crippen molar-refractivity contribution in [1.82, 2.24) is 15.1 Å². The van der Waals surface area contributed by atoms with E-state index in [-0.39, 0.29) is 10.6 Å². The number of hydrogen-bond donors (Lipinski definition) is 1. The first-order chi connectivity index (χ1) is 10.1. The third kappa shape index (κ3) is 2.57. The minimum atomic E-state index is -1.07. The Hall–Kier alpha value is -2.12. The third-order valence-electron chi connectivity index (χ3n) is 2.79. The Morgan fingerprint density at radius 3 is 2.95 bits per heavy atom. The number of carbonyl (C=O) groups is 1. The van der Waals surface area contributed by atoms with Crippen molar-refractivity contribution in [2.45, 2.75) is 16.8 Å². The Labute approximate surface area is 128 Å². The van der Waals surface area contributed by atoms with Crippen LogP contribution < -0.4 is 0 Å². The van der Waals surface area contributed by atoms with Crippen LogP contribution in [0.3, 0.4) is 0 Å². The van der Waals surface area contributed by atoms with Crippen LogP contribution in [0, 0.1) is 6.92 Å². The molecule has 0 spiro atoms. The third-order valence-corrected chi connectivity index (χ3v) is 4.11. The molecule has 106 valence electrons. The summed E-state index contributed by atoms with van der Waals surface area (Å²) < 4.78 is 5.08. The van der Waals surface area contributed by atoms with Gasteiger partial charge in [0.15, 0.2) is 0 Å². The van der Waals surface area contributed by atoms with E-state index in [4.69, 9.17) is 21.2 Å². The summed E-state index contributed by atoms with van der Waals surface area (Å²) >= 11 is 7.16. The number of aromatic carboxylic acids is 1. The van der Waals surface area contributed by atoms with Gasteiger partial charge in [-0.25, -0.2) is 9.78 Å². The van der Waals surface area contributed by atoms with E-state index in [1.807, 2.05) is 0 Å². The summed E-state index contributed by atoms with van der Waals surface area (Å²) in [5.74, 6) is -1.07. The maximum absolute atomic E-state index is 11.1. The fourth-order valence-corrected chi connectivity index (χ4v) is 2.98. The van der Waals surface area contributed by atoms with Crippen LogP contribution in [-0.4, -0.2) is 26.2 Å². The van der Waals surface area contributed by atoms with Crippen LogP contribution >= 0.6 is 23.4 Å². The molecule has 0 unspecified atom stereocenters. The lowest BCUT2D eigenvalue weighted by atomic mass is 10.2. The van der Waals surface area contributed by atoms with Gasteiger partial charge in [0.25, 0.3) is 5.71 Å². The highest BCUT2D eigenvalue weighted by Crippen LogP contribution is 2.34. The van der Waals surface area contributed by atoms with E-state index in [2.05, 4.69) is 15.1 Å². The number of halogens is 1. The van der Waals surface area contributed by atoms with Gasteiger partial charge >= 0.3 is 5.97 Å². The van der Waals surface area contributed by atoms with Crippen molar-refractivity contribution in [3.63, 3.8) is 0 Å². The van der Waals surface area contributed by atoms with Gasteiger partial charge in [-0.05, 0) is 25.1 Å². The summed E-state index contributed by atoms with van der Waals surface area (Å²) in [6, 6.07) is 4.79. The smallest absolute Gasteiger partial charge is 0.337 e. The number of aryl methyl sites for hydroxylation is 1. The van der Waals surface area contributed by atoms with Crippen LogP contribution in [-0.2, 0) is 0 Å². The molecule has 2 heterocycles. The van der Waals surface area contributed by atoms with Gasteiger partial charge in [-0.15, -0.1) is 0 Å². The first-order valence-corrected chi connectivity index (χ1v) is 7.03. The quantitative estimate of drug-likeness (QED) is 0.739. The molecule has 0 aliphatic rings. The Balaban J connectivity index is 2.05. The predicted octanol–water partition coefficient (Wildman–Crippen LogP) is 3.43. The van der Waals surface area contributed by atoms with Gasteiger partial charge in [-0.1, -0.05) is 28.5 Å². The number of carboxylic acids is 1. The molecule has 0 aliphatic heterocycles. The van der Waals surface area contributed by atoms with E-state index in [0.29, 0.717) is 26.7 Å². The minimum Gasteiger partial charge on any atom is -0.478 e. The summed E-state index contributed by atoms with van der Waals surface area (Å²) in [5, 5.41) is 14.5. The first-order valence-electron chi connectivity index (χ1n) is 5.84. The number of benzene rings is 1. The summed E-state index contributed by atoms with van der Waals surface area (Å²) in [5.41, 5.74) is 1.13. The summed E-state index contributed by atoms with van der Waals surface area (Å²) in [4.78, 5) is 20.0. The molecule has 0 aliphatic carbocycles. The van der Waals surface area contributed by atoms with E-state index in [1.165, 1.54) is 24.2 Å². The second-order valence-corrected chi connectivity index (χ2v) is 5.65. The second kappa shape index (κ2) is 5.34. The molecular formula is C13H8ClN3O3S. The van der Waals surface area contributed by atoms with Crippen molar-refractivity contribution in [1.29, 1.82) is 0 Å². The molecule has 0 atom stereocenters. The number of carboxylic acid groups (broad SMARTS) is 1. The zero-order chi connectivity index (χ0) is 15.0. The Bertz CT molecular complexity index is 850. The molecule has 0 radical (unpaired) electrons. The molecule has 0 amide bonds. The van der Waals surface area contributed by atoms with Crippen molar-refractivity contribution in [2.24, 2.45) is 0 Å². The van der Waals surface area contributed by atoms with Gasteiger partial charge in [0.05, 0.1) is 21.7 Å². The Kier molecular flexibility index (Phi) is 3.52. The first kappa shape index (κ1) is 13.8. The lowest BCUT2D eigenvalue weighted by Gasteiger charge is -2.04. The van der Waals surface area contributed by atoms with Gasteiger partial charge in [0.1, 0.15) is 11.4 Å².